The number of carbonyl (C=O) groups excluding carboxylic acids is 2. The van der Waals surface area contributed by atoms with Gasteiger partial charge in [-0.15, -0.1) is 0 Å². The number of cyclic esters (lactones) is 1. The van der Waals surface area contributed by atoms with Gasteiger partial charge in [-0.3, -0.25) is 13.2 Å². The van der Waals surface area contributed by atoms with Gasteiger partial charge in [0.1, 0.15) is 116 Å². The van der Waals surface area contributed by atoms with E-state index in [1.54, 1.807) is 0 Å². The zero-order valence-corrected chi connectivity index (χ0v) is 60.6. The molecule has 0 amide bonds. The van der Waals surface area contributed by atoms with Crippen LogP contribution in [0.15, 0.2) is 11.6 Å². The summed E-state index contributed by atoms with van der Waals surface area (Å²) in [5, 5.41) is 112. The van der Waals surface area contributed by atoms with Crippen LogP contribution < -0.4 is 59.1 Å². The van der Waals surface area contributed by atoms with Gasteiger partial charge in [0.25, 0.3) is 0 Å². The number of aldehydes is 1. The molecule has 0 bridgehead atoms. The molecule has 0 radical (unpaired) electrons. The van der Waals surface area contributed by atoms with Crippen molar-refractivity contribution < 1.29 is 211 Å². The van der Waals surface area contributed by atoms with Gasteiger partial charge in [-0.2, -0.15) is 0 Å². The van der Waals surface area contributed by atoms with Crippen molar-refractivity contribution in [2.45, 2.75) is 266 Å². The van der Waals surface area contributed by atoms with E-state index in [2.05, 4.69) is 24.1 Å². The molecule has 6 saturated heterocycles. The van der Waals surface area contributed by atoms with Gasteiger partial charge in [0.2, 0.25) is 20.8 Å². The summed E-state index contributed by atoms with van der Waals surface area (Å²) in [6, 6.07) is 0. The Morgan fingerprint density at radius 2 is 1.28 bits per heavy atom. The fraction of sp³-hybridized carbons (Fsp3) is 0.932. The molecule has 32 atom stereocenters. The molecule has 6 aliphatic heterocycles. The first-order valence-electron chi connectivity index (χ1n) is 31.9. The van der Waals surface area contributed by atoms with E-state index in [1.807, 2.05) is 27.7 Å². The van der Waals surface area contributed by atoms with E-state index >= 15 is 0 Å². The van der Waals surface area contributed by atoms with Crippen molar-refractivity contribution in [3.05, 3.63) is 11.6 Å². The van der Waals surface area contributed by atoms with Crippen LogP contribution in [-0.2, 0) is 95.6 Å². The summed E-state index contributed by atoms with van der Waals surface area (Å²) < 4.78 is 153. The monoisotopic (exact) mass is 1420 g/mol. The smallest absolute Gasteiger partial charge is 0.726 e. The fourth-order valence-corrected chi connectivity index (χ4v) is 18.5. The number of carbonyl (C=O) groups is 2. The SMILES string of the molecule is CO[C@@H]1[C@@H](O)[C@H](O[C@@H]2[C@@H](O)[C@H](O[C@H]3[C@H](O)[C@@H](O[C@@H]4O[C@H](CO)[C@@H](O)[C@H](O)[C@H]4O)[C@H](O[C@H]4[C@H](O[C@H]5CC[C@]6(C)[C@H]7CC[C@]89C(=O)O[C@@](C)(CCCC(C)C=O)[C@H]8CC[C@@]9(C)C7=CC[C@H]6C5(C)C)OC[C@@H](OS(=O)(=O)[O-])[C@@H]4O)O[C@@H]3C)O[C@H](COS(=O)(=O)[O-])[C@H]2O)OC[C@H]1O.[Na+].[Na+]. The number of rotatable bonds is 22. The van der Waals surface area contributed by atoms with Gasteiger partial charge < -0.3 is 122 Å². The van der Waals surface area contributed by atoms with Crippen LogP contribution in [0.25, 0.3) is 0 Å². The summed E-state index contributed by atoms with van der Waals surface area (Å²) in [4.78, 5) is 26.0. The Labute approximate surface area is 596 Å². The number of ether oxygens (including phenoxy) is 12. The molecular formula is C59H92Na2O32S2. The van der Waals surface area contributed by atoms with Crippen molar-refractivity contribution >= 4 is 33.1 Å². The molecule has 6 heterocycles. The quantitative estimate of drug-likeness (QED) is 0.0120. The third-order valence-corrected chi connectivity index (χ3v) is 23.5. The molecule has 0 aromatic heterocycles. The van der Waals surface area contributed by atoms with Gasteiger partial charge in [0.05, 0.1) is 44.1 Å². The standard InChI is InChI=1S/C59H94O32S2.2Na/c1-25(20-60)10-9-16-58(7)34-14-18-57(6)28-11-12-33-55(3,4)35(15-17-56(33,5)27(28)13-19-59(34,57)54(71)90-58)85-52-47(38(65)32(23-80-52)91-93(75,76)77)89-53-48(88-50-40(67)39(66)36(63)30(21-61)83-50)41(68)44(26(2)82-53)86-51-43(70)46(37(64)31(84-51)24-81-92(72,73)74)87-49-42(69)45(78-8)29(62)22-79-49;;/h11,20,25-27,29-53,61-70H,9-10,12-19,21-24H2,1-8H3,(H,72,73,74)(H,75,76,77);;/q;2*+1/p-2/t25?,26-,27+,29-,30-,31-,32-,33+,34-,35+,36-,37-,38+,39+,40-,41+,42-,43-,44-,45+,46+,47-,48-,49+,50+,51+,52+,53+,56-,57+,58+,59-;;/m1../s1. The first-order chi connectivity index (χ1) is 43.5. The summed E-state index contributed by atoms with van der Waals surface area (Å²) in [6.07, 6.45) is -34.9. The van der Waals surface area contributed by atoms with E-state index in [1.165, 1.54) is 12.5 Å². The average molecular weight is 1420 g/mol. The van der Waals surface area contributed by atoms with Gasteiger partial charge >= 0.3 is 65.1 Å². The van der Waals surface area contributed by atoms with Crippen LogP contribution in [0.4, 0.5) is 0 Å². The van der Waals surface area contributed by atoms with Crippen molar-refractivity contribution in [1.82, 2.24) is 0 Å². The van der Waals surface area contributed by atoms with Gasteiger partial charge in [-0.05, 0) is 101 Å². The van der Waals surface area contributed by atoms with Crippen LogP contribution in [0, 0.1) is 45.3 Å². The molecule has 95 heavy (non-hydrogen) atoms. The summed E-state index contributed by atoms with van der Waals surface area (Å²) >= 11 is 0. The maximum atomic E-state index is 14.5. The van der Waals surface area contributed by atoms with Crippen LogP contribution in [-0.4, -0.2) is 276 Å². The largest absolute Gasteiger partial charge is 1.00 e. The molecule has 1 spiro atoms. The number of fused-ring (bicyclic) bond motifs is 4. The minimum atomic E-state index is -5.57. The van der Waals surface area contributed by atoms with E-state index in [0.717, 1.165) is 39.1 Å². The van der Waals surface area contributed by atoms with Crippen LogP contribution in [0.5, 0.6) is 0 Å². The molecular weight excluding hydrogens is 1330 g/mol. The summed E-state index contributed by atoms with van der Waals surface area (Å²) in [7, 11) is -9.90. The zero-order valence-electron chi connectivity index (χ0n) is 55.0. The third-order valence-electron chi connectivity index (χ3n) is 22.6. The van der Waals surface area contributed by atoms with Crippen molar-refractivity contribution in [2.75, 3.05) is 33.5 Å². The van der Waals surface area contributed by atoms with Gasteiger partial charge in [0.15, 0.2) is 31.5 Å². The number of allylic oxidation sites excluding steroid dienone is 2. The van der Waals surface area contributed by atoms with E-state index in [-0.39, 0.29) is 94.2 Å². The number of aliphatic hydroxyl groups is 10. The summed E-state index contributed by atoms with van der Waals surface area (Å²) in [5.41, 5.74) is -1.68. The van der Waals surface area contributed by atoms with Crippen molar-refractivity contribution in [3.63, 3.8) is 0 Å². The molecule has 10 aliphatic rings. The zero-order chi connectivity index (χ0) is 68.0. The van der Waals surface area contributed by atoms with Crippen molar-refractivity contribution in [2.24, 2.45) is 45.3 Å². The van der Waals surface area contributed by atoms with E-state index < -0.39 is 216 Å². The maximum Gasteiger partial charge on any atom is 1.00 e. The Bertz CT molecular complexity index is 2900. The molecule has 9 fully saturated rings. The Balaban J connectivity index is 0.00000578. The molecule has 1 unspecified atom stereocenters. The molecule has 10 N–H and O–H groups in total. The van der Waals surface area contributed by atoms with Gasteiger partial charge in [-0.25, -0.2) is 16.8 Å². The molecule has 0 aromatic carbocycles. The fourth-order valence-electron chi connectivity index (χ4n) is 17.7. The molecule has 3 saturated carbocycles. The first kappa shape index (κ1) is 80.5. The second kappa shape index (κ2) is 30.8. The molecule has 10 rings (SSSR count). The van der Waals surface area contributed by atoms with E-state index in [9.17, 15) is 86.6 Å². The van der Waals surface area contributed by atoms with E-state index in [4.69, 9.17) is 61.0 Å². The average Bonchev–Trinajstić information content (AvgIpc) is 1.54. The molecule has 4 aliphatic carbocycles. The Kier molecular flexibility index (Phi) is 26.1. The van der Waals surface area contributed by atoms with Crippen molar-refractivity contribution in [3.8, 4) is 0 Å². The third kappa shape index (κ3) is 15.4. The minimum Gasteiger partial charge on any atom is -0.726 e. The maximum absolute atomic E-state index is 14.5. The number of methoxy groups -OCH3 is 1. The summed E-state index contributed by atoms with van der Waals surface area (Å²) in [5.74, 6) is -0.277. The Morgan fingerprint density at radius 3 is 1.94 bits per heavy atom. The van der Waals surface area contributed by atoms with Crippen LogP contribution in [0.1, 0.15) is 113 Å². The predicted molar refractivity (Wildman–Crippen MR) is 305 cm³/mol. The number of aliphatic hydroxyl groups excluding tert-OH is 10. The van der Waals surface area contributed by atoms with Gasteiger partial charge in [0, 0.05) is 24.4 Å². The van der Waals surface area contributed by atoms with Crippen LogP contribution in [0.2, 0.25) is 0 Å². The predicted octanol–water partition coefficient (Wildman–Crippen LogP) is -8.69. The van der Waals surface area contributed by atoms with Crippen LogP contribution >= 0.6 is 0 Å². The van der Waals surface area contributed by atoms with E-state index in [0.29, 0.717) is 38.5 Å². The second-order valence-electron chi connectivity index (χ2n) is 28.3. The van der Waals surface area contributed by atoms with Gasteiger partial charge in [-0.1, -0.05) is 46.3 Å². The minimum absolute atomic E-state index is 0. The number of esters is 1. The topological polar surface area (TPSA) is 480 Å². The summed E-state index contributed by atoms with van der Waals surface area (Å²) in [6.45, 7) is 10.3. The number of hydrogen-bond donors (Lipinski definition) is 10. The molecule has 32 nitrogen and oxygen atoms in total. The molecule has 36 heteroatoms. The first-order valence-corrected chi connectivity index (χ1v) is 34.5. The molecule has 0 aromatic rings. The second-order valence-corrected chi connectivity index (χ2v) is 30.4. The number of hydrogen-bond acceptors (Lipinski definition) is 32. The van der Waals surface area contributed by atoms with Crippen molar-refractivity contribution in [1.29, 1.82) is 0 Å². The molecule has 534 valence electrons. The Hall–Kier alpha value is -0.220. The van der Waals surface area contributed by atoms with Crippen LogP contribution in [0.3, 0.4) is 0 Å². The normalized spacial score (nSPS) is 48.5. The Morgan fingerprint density at radius 1 is 0.663 bits per heavy atom.